The van der Waals surface area contributed by atoms with Crippen LogP contribution in [0.2, 0.25) is 10.0 Å². The number of carbonyl (C=O) groups excluding carboxylic acids is 2. The lowest BCUT2D eigenvalue weighted by atomic mass is 9.83. The Morgan fingerprint density at radius 3 is 2.31 bits per heavy atom. The van der Waals surface area contributed by atoms with E-state index in [2.05, 4.69) is 44.0 Å². The molecule has 8 heteroatoms. The maximum atomic E-state index is 14.0. The zero-order valence-electron chi connectivity index (χ0n) is 23.6. The van der Waals surface area contributed by atoms with Gasteiger partial charge in [0, 0.05) is 54.6 Å². The number of nitrogens with zero attached hydrogens (tertiary/aromatic N) is 2. The van der Waals surface area contributed by atoms with Gasteiger partial charge in [-0.3, -0.25) is 14.5 Å². The number of hydrogen-bond acceptors (Lipinski definition) is 3. The first-order chi connectivity index (χ1) is 18.4. The smallest absolute Gasteiger partial charge is 0.227 e. The molecule has 39 heavy (non-hydrogen) atoms. The molecule has 1 N–H and O–H groups in total. The van der Waals surface area contributed by atoms with Crippen LogP contribution in [-0.2, 0) is 9.59 Å². The molecule has 0 aliphatic carbocycles. The average molecular weight is 577 g/mol. The number of amides is 2. The first kappa shape index (κ1) is 29.8. The summed E-state index contributed by atoms with van der Waals surface area (Å²) in [6.07, 6.45) is 2.45. The molecule has 4 rings (SSSR count). The van der Waals surface area contributed by atoms with Gasteiger partial charge in [-0.25, -0.2) is 4.39 Å². The molecule has 3 atom stereocenters. The third-order valence-electron chi connectivity index (χ3n) is 8.40. The minimum absolute atomic E-state index is 0.0649. The maximum absolute atomic E-state index is 14.0. The van der Waals surface area contributed by atoms with Gasteiger partial charge in [0.2, 0.25) is 11.8 Å². The minimum atomic E-state index is -0.371. The van der Waals surface area contributed by atoms with Crippen molar-refractivity contribution < 1.29 is 14.0 Å². The van der Waals surface area contributed by atoms with Gasteiger partial charge in [-0.2, -0.15) is 0 Å². The Hall–Kier alpha value is -2.15. The predicted molar refractivity (Wildman–Crippen MR) is 156 cm³/mol. The van der Waals surface area contributed by atoms with Crippen LogP contribution >= 0.6 is 23.2 Å². The lowest BCUT2D eigenvalue weighted by Gasteiger charge is -2.36. The van der Waals surface area contributed by atoms with Crippen LogP contribution in [-0.4, -0.2) is 53.3 Å². The van der Waals surface area contributed by atoms with Gasteiger partial charge in [0.05, 0.1) is 12.0 Å². The molecule has 2 heterocycles. The molecule has 2 fully saturated rings. The fourth-order valence-corrected chi connectivity index (χ4v) is 6.72. The maximum Gasteiger partial charge on any atom is 0.227 e. The molecule has 0 bridgehead atoms. The van der Waals surface area contributed by atoms with Gasteiger partial charge in [-0.1, -0.05) is 42.3 Å². The highest BCUT2D eigenvalue weighted by Gasteiger charge is 2.44. The SMILES string of the molecule is CC[C@H](NC(C)=O)c1cc(Cl)ccc1C1CCN(C(=O)[C@H]2CN(C(C)(C)C)C[C@@H]2c2ccc(F)cc2Cl)CC1. The standard InChI is InChI=1S/C31H40Cl2FN3O2/c1-6-29(35-19(2)38)25-15-21(32)7-9-23(25)20-11-13-36(14-12-20)30(39)27-18-37(31(3,4)5)17-26(27)24-10-8-22(34)16-28(24)33/h7-10,15-16,20,26-27,29H,6,11-14,17-18H2,1-5H3,(H,35,38)/t26-,27+,29+/m1/s1. The van der Waals surface area contributed by atoms with Crippen molar-refractivity contribution in [2.45, 2.75) is 77.3 Å². The molecule has 0 aromatic heterocycles. The van der Waals surface area contributed by atoms with Crippen molar-refractivity contribution in [1.29, 1.82) is 0 Å². The van der Waals surface area contributed by atoms with Gasteiger partial charge >= 0.3 is 0 Å². The highest BCUT2D eigenvalue weighted by atomic mass is 35.5. The molecule has 0 saturated carbocycles. The zero-order chi connectivity index (χ0) is 28.5. The van der Waals surface area contributed by atoms with Crippen molar-refractivity contribution in [1.82, 2.24) is 15.1 Å². The quantitative estimate of drug-likeness (QED) is 0.406. The average Bonchev–Trinajstić information content (AvgIpc) is 3.33. The first-order valence-corrected chi connectivity index (χ1v) is 14.7. The van der Waals surface area contributed by atoms with Crippen LogP contribution in [0, 0.1) is 11.7 Å². The Bertz CT molecular complexity index is 1210. The highest BCUT2D eigenvalue weighted by Crippen LogP contribution is 2.41. The van der Waals surface area contributed by atoms with E-state index < -0.39 is 0 Å². The van der Waals surface area contributed by atoms with Crippen molar-refractivity contribution in [3.8, 4) is 0 Å². The minimum Gasteiger partial charge on any atom is -0.350 e. The molecule has 0 spiro atoms. The third-order valence-corrected chi connectivity index (χ3v) is 8.97. The van der Waals surface area contributed by atoms with E-state index in [1.165, 1.54) is 24.6 Å². The van der Waals surface area contributed by atoms with Crippen LogP contribution in [0.5, 0.6) is 0 Å². The van der Waals surface area contributed by atoms with Crippen molar-refractivity contribution in [3.63, 3.8) is 0 Å². The highest BCUT2D eigenvalue weighted by molar-refractivity contribution is 6.31. The molecular formula is C31H40Cl2FN3O2. The Kier molecular flexibility index (Phi) is 9.30. The molecule has 2 saturated heterocycles. The van der Waals surface area contributed by atoms with Crippen LogP contribution in [0.1, 0.15) is 88.4 Å². The second-order valence-corrected chi connectivity index (χ2v) is 12.8. The molecule has 2 aromatic rings. The first-order valence-electron chi connectivity index (χ1n) is 13.9. The van der Waals surface area contributed by atoms with E-state index in [9.17, 15) is 14.0 Å². The van der Waals surface area contributed by atoms with Crippen molar-refractivity contribution in [2.24, 2.45) is 5.92 Å². The van der Waals surface area contributed by atoms with Crippen LogP contribution in [0.4, 0.5) is 4.39 Å². The van der Waals surface area contributed by atoms with Crippen LogP contribution < -0.4 is 5.32 Å². The Morgan fingerprint density at radius 2 is 1.72 bits per heavy atom. The van der Waals surface area contributed by atoms with E-state index in [-0.39, 0.29) is 47.0 Å². The Labute approximate surface area is 242 Å². The molecular weight excluding hydrogens is 536 g/mol. The molecule has 2 amide bonds. The molecule has 5 nitrogen and oxygen atoms in total. The summed E-state index contributed by atoms with van der Waals surface area (Å²) in [5.74, 6) is -0.338. The number of carbonyl (C=O) groups is 2. The number of nitrogens with one attached hydrogen (secondary N) is 1. The van der Waals surface area contributed by atoms with Gasteiger partial charge in [-0.05, 0) is 86.9 Å². The van der Waals surface area contributed by atoms with Crippen LogP contribution in [0.15, 0.2) is 36.4 Å². The zero-order valence-corrected chi connectivity index (χ0v) is 25.1. The number of halogens is 3. The Balaban J connectivity index is 1.52. The summed E-state index contributed by atoms with van der Waals surface area (Å²) >= 11 is 12.8. The number of likely N-dealkylation sites (tertiary alicyclic amines) is 2. The van der Waals surface area contributed by atoms with Crippen molar-refractivity contribution in [3.05, 3.63) is 69.0 Å². The summed E-state index contributed by atoms with van der Waals surface area (Å²) in [5.41, 5.74) is 3.00. The van der Waals surface area contributed by atoms with Gasteiger partial charge in [0.1, 0.15) is 5.82 Å². The van der Waals surface area contributed by atoms with Gasteiger partial charge in [0.15, 0.2) is 0 Å². The number of piperidine rings is 1. The topological polar surface area (TPSA) is 52.7 Å². The third kappa shape index (κ3) is 6.78. The van der Waals surface area contributed by atoms with E-state index in [4.69, 9.17) is 23.2 Å². The van der Waals surface area contributed by atoms with Gasteiger partial charge in [0.25, 0.3) is 0 Å². The summed E-state index contributed by atoms with van der Waals surface area (Å²) in [5, 5.41) is 4.09. The molecule has 0 unspecified atom stereocenters. The predicted octanol–water partition coefficient (Wildman–Crippen LogP) is 6.94. The number of benzene rings is 2. The van der Waals surface area contributed by atoms with Crippen molar-refractivity contribution >= 4 is 35.0 Å². The second-order valence-electron chi connectivity index (χ2n) is 12.0. The summed E-state index contributed by atoms with van der Waals surface area (Å²) in [6, 6.07) is 10.4. The van der Waals surface area contributed by atoms with E-state index >= 15 is 0 Å². The van der Waals surface area contributed by atoms with E-state index in [1.54, 1.807) is 6.07 Å². The summed E-state index contributed by atoms with van der Waals surface area (Å²) in [7, 11) is 0. The molecule has 2 aromatic carbocycles. The van der Waals surface area contributed by atoms with Crippen LogP contribution in [0.3, 0.4) is 0 Å². The van der Waals surface area contributed by atoms with Gasteiger partial charge < -0.3 is 10.2 Å². The molecule has 212 valence electrons. The lowest BCUT2D eigenvalue weighted by Crippen LogP contribution is -2.44. The Morgan fingerprint density at radius 1 is 1.05 bits per heavy atom. The molecule has 2 aliphatic heterocycles. The monoisotopic (exact) mass is 575 g/mol. The van der Waals surface area contributed by atoms with E-state index in [1.807, 2.05) is 17.0 Å². The fourth-order valence-electron chi connectivity index (χ4n) is 6.23. The fraction of sp³-hybridized carbons (Fsp3) is 0.548. The van der Waals surface area contributed by atoms with E-state index in [0.29, 0.717) is 36.2 Å². The molecule has 2 aliphatic rings. The van der Waals surface area contributed by atoms with Crippen molar-refractivity contribution in [2.75, 3.05) is 26.2 Å². The summed E-state index contributed by atoms with van der Waals surface area (Å²) in [6.45, 7) is 12.7. The van der Waals surface area contributed by atoms with Gasteiger partial charge in [-0.15, -0.1) is 0 Å². The second kappa shape index (κ2) is 12.2. The normalized spacial score (nSPS) is 21.7. The largest absolute Gasteiger partial charge is 0.350 e. The summed E-state index contributed by atoms with van der Waals surface area (Å²) in [4.78, 5) is 30.1. The van der Waals surface area contributed by atoms with E-state index in [0.717, 1.165) is 30.4 Å². The number of hydrogen-bond donors (Lipinski definition) is 1. The lowest BCUT2D eigenvalue weighted by molar-refractivity contribution is -0.136. The van der Waals surface area contributed by atoms with Crippen LogP contribution in [0.25, 0.3) is 0 Å². The molecule has 0 radical (unpaired) electrons. The summed E-state index contributed by atoms with van der Waals surface area (Å²) < 4.78 is 13.8. The number of rotatable bonds is 6.